The number of aromatic carboxylic acids is 1. The largest absolute Gasteiger partial charge is 1.00 e. The molecular weight excluding hydrogens is 223 g/mol. The Balaban J connectivity index is 0.00000196. The SMILES string of the molecule is CCC(C)c1ccc(C(=O)[O-])c(Cl)c1.[Na+]. The standard InChI is InChI=1S/C11H13ClO2.Na/c1-3-7(2)8-4-5-9(11(13)14)10(12)6-8;/h4-7H,3H2,1-2H3,(H,13,14);/q;+1/p-1. The normalized spacial score (nSPS) is 11.7. The summed E-state index contributed by atoms with van der Waals surface area (Å²) in [5, 5.41) is 10.8. The Morgan fingerprint density at radius 2 is 2.13 bits per heavy atom. The molecule has 76 valence electrons. The van der Waals surface area contributed by atoms with Crippen molar-refractivity contribution in [2.75, 3.05) is 0 Å². The van der Waals surface area contributed by atoms with Crippen LogP contribution in [0.4, 0.5) is 0 Å². The van der Waals surface area contributed by atoms with Crippen LogP contribution < -0.4 is 34.7 Å². The van der Waals surface area contributed by atoms with E-state index in [1.807, 2.05) is 0 Å². The maximum atomic E-state index is 10.6. The molecule has 1 unspecified atom stereocenters. The van der Waals surface area contributed by atoms with Gasteiger partial charge >= 0.3 is 29.6 Å². The molecule has 1 atom stereocenters. The van der Waals surface area contributed by atoms with Crippen molar-refractivity contribution < 1.29 is 39.5 Å². The Morgan fingerprint density at radius 1 is 1.53 bits per heavy atom. The van der Waals surface area contributed by atoms with E-state index in [1.54, 1.807) is 12.1 Å². The molecule has 4 heteroatoms. The van der Waals surface area contributed by atoms with Crippen LogP contribution in [0.5, 0.6) is 0 Å². The zero-order valence-electron chi connectivity index (χ0n) is 9.21. The van der Waals surface area contributed by atoms with Gasteiger partial charge in [-0.1, -0.05) is 37.6 Å². The van der Waals surface area contributed by atoms with E-state index in [9.17, 15) is 9.90 Å². The fourth-order valence-electron chi connectivity index (χ4n) is 1.24. The van der Waals surface area contributed by atoms with Gasteiger partial charge in [0.15, 0.2) is 0 Å². The number of carboxylic acids is 1. The molecule has 0 N–H and O–H groups in total. The van der Waals surface area contributed by atoms with Gasteiger partial charge in [0, 0.05) is 10.6 Å². The van der Waals surface area contributed by atoms with Crippen molar-refractivity contribution in [1.29, 1.82) is 0 Å². The van der Waals surface area contributed by atoms with Crippen molar-refractivity contribution in [3.63, 3.8) is 0 Å². The van der Waals surface area contributed by atoms with Crippen molar-refractivity contribution in [2.45, 2.75) is 26.2 Å². The number of hydrogen-bond acceptors (Lipinski definition) is 2. The average molecular weight is 235 g/mol. The van der Waals surface area contributed by atoms with E-state index in [-0.39, 0.29) is 40.1 Å². The summed E-state index contributed by atoms with van der Waals surface area (Å²) < 4.78 is 0. The summed E-state index contributed by atoms with van der Waals surface area (Å²) in [6.45, 7) is 4.15. The van der Waals surface area contributed by atoms with Crippen LogP contribution in [-0.2, 0) is 0 Å². The smallest absolute Gasteiger partial charge is 0.545 e. The summed E-state index contributed by atoms with van der Waals surface area (Å²) >= 11 is 5.80. The first-order chi connectivity index (χ1) is 6.56. The van der Waals surface area contributed by atoms with Crippen LogP contribution in [0.2, 0.25) is 5.02 Å². The van der Waals surface area contributed by atoms with Gasteiger partial charge < -0.3 is 9.90 Å². The van der Waals surface area contributed by atoms with Crippen molar-refractivity contribution in [3.8, 4) is 0 Å². The third-order valence-electron chi connectivity index (χ3n) is 2.39. The molecule has 0 fully saturated rings. The molecule has 0 spiro atoms. The van der Waals surface area contributed by atoms with Crippen LogP contribution >= 0.6 is 11.6 Å². The molecule has 0 aromatic heterocycles. The minimum atomic E-state index is -1.23. The van der Waals surface area contributed by atoms with Crippen molar-refractivity contribution in [2.24, 2.45) is 0 Å². The van der Waals surface area contributed by atoms with E-state index in [4.69, 9.17) is 11.6 Å². The van der Waals surface area contributed by atoms with Gasteiger partial charge in [-0.15, -0.1) is 0 Å². The van der Waals surface area contributed by atoms with E-state index in [2.05, 4.69) is 13.8 Å². The summed E-state index contributed by atoms with van der Waals surface area (Å²) in [4.78, 5) is 10.6. The molecule has 2 nitrogen and oxygen atoms in total. The Bertz CT molecular complexity index is 352. The van der Waals surface area contributed by atoms with Gasteiger partial charge in [0.05, 0.1) is 5.97 Å². The molecule has 1 aromatic rings. The number of benzene rings is 1. The summed E-state index contributed by atoms with van der Waals surface area (Å²) in [6.07, 6.45) is 1.00. The first-order valence-electron chi connectivity index (χ1n) is 4.57. The second-order valence-corrected chi connectivity index (χ2v) is 3.74. The van der Waals surface area contributed by atoms with Crippen molar-refractivity contribution in [1.82, 2.24) is 0 Å². The first-order valence-corrected chi connectivity index (χ1v) is 4.94. The number of carbonyl (C=O) groups excluding carboxylic acids is 1. The van der Waals surface area contributed by atoms with Crippen LogP contribution in [0.25, 0.3) is 0 Å². The average Bonchev–Trinajstić information content (AvgIpc) is 2.15. The summed E-state index contributed by atoms with van der Waals surface area (Å²) in [6, 6.07) is 4.98. The third kappa shape index (κ3) is 3.80. The number of carboxylic acid groups (broad SMARTS) is 1. The second-order valence-electron chi connectivity index (χ2n) is 3.34. The van der Waals surface area contributed by atoms with Crippen LogP contribution in [-0.4, -0.2) is 5.97 Å². The minimum absolute atomic E-state index is 0. The molecular formula is C11H12ClNaO2. The van der Waals surface area contributed by atoms with Gasteiger partial charge in [-0.25, -0.2) is 0 Å². The molecule has 0 bridgehead atoms. The Kier molecular flexibility index (Phi) is 6.53. The van der Waals surface area contributed by atoms with E-state index in [0.717, 1.165) is 12.0 Å². The fourth-order valence-corrected chi connectivity index (χ4v) is 1.51. The summed E-state index contributed by atoms with van der Waals surface area (Å²) in [5.74, 6) is -0.839. The van der Waals surface area contributed by atoms with Crippen LogP contribution in [0, 0.1) is 0 Å². The zero-order chi connectivity index (χ0) is 10.7. The van der Waals surface area contributed by atoms with Gasteiger partial charge in [-0.05, 0) is 24.0 Å². The maximum Gasteiger partial charge on any atom is 1.00 e. The molecule has 0 amide bonds. The Morgan fingerprint density at radius 3 is 2.53 bits per heavy atom. The van der Waals surface area contributed by atoms with Crippen molar-refractivity contribution in [3.05, 3.63) is 34.3 Å². The van der Waals surface area contributed by atoms with E-state index in [0.29, 0.717) is 5.92 Å². The van der Waals surface area contributed by atoms with Gasteiger partial charge in [0.2, 0.25) is 0 Å². The fraction of sp³-hybridized carbons (Fsp3) is 0.364. The van der Waals surface area contributed by atoms with Crippen LogP contribution in [0.3, 0.4) is 0 Å². The molecule has 0 aliphatic carbocycles. The predicted molar refractivity (Wildman–Crippen MR) is 54.5 cm³/mol. The van der Waals surface area contributed by atoms with Crippen LogP contribution in [0.15, 0.2) is 18.2 Å². The number of rotatable bonds is 3. The molecule has 1 rings (SSSR count). The van der Waals surface area contributed by atoms with E-state index in [1.165, 1.54) is 6.07 Å². The molecule has 0 heterocycles. The first kappa shape index (κ1) is 15.0. The summed E-state index contributed by atoms with van der Waals surface area (Å²) in [7, 11) is 0. The quantitative estimate of drug-likeness (QED) is 0.644. The van der Waals surface area contributed by atoms with Crippen molar-refractivity contribution >= 4 is 17.6 Å². The summed E-state index contributed by atoms with van der Waals surface area (Å²) in [5.41, 5.74) is 1.11. The van der Waals surface area contributed by atoms with E-state index < -0.39 is 5.97 Å². The number of halogens is 1. The molecule has 0 aliphatic rings. The van der Waals surface area contributed by atoms with Gasteiger partial charge in [-0.3, -0.25) is 0 Å². The molecule has 1 aromatic carbocycles. The minimum Gasteiger partial charge on any atom is -0.545 e. The molecule has 0 saturated heterocycles. The second kappa shape index (κ2) is 6.54. The third-order valence-corrected chi connectivity index (χ3v) is 2.71. The maximum absolute atomic E-state index is 10.6. The van der Waals surface area contributed by atoms with Crippen LogP contribution in [0.1, 0.15) is 42.1 Å². The predicted octanol–water partition coefficient (Wildman–Crippen LogP) is -0.779. The molecule has 0 radical (unpaired) electrons. The monoisotopic (exact) mass is 234 g/mol. The van der Waals surface area contributed by atoms with E-state index >= 15 is 0 Å². The number of hydrogen-bond donors (Lipinski definition) is 0. The molecule has 0 aliphatic heterocycles. The Labute approximate surface area is 117 Å². The molecule has 0 saturated carbocycles. The van der Waals surface area contributed by atoms with Gasteiger partial charge in [0.1, 0.15) is 0 Å². The zero-order valence-corrected chi connectivity index (χ0v) is 12.0. The molecule has 15 heavy (non-hydrogen) atoms. The van der Waals surface area contributed by atoms with Gasteiger partial charge in [0.25, 0.3) is 0 Å². The number of carbonyl (C=O) groups is 1. The Hall–Kier alpha value is -0.0200. The topological polar surface area (TPSA) is 40.1 Å². The van der Waals surface area contributed by atoms with Gasteiger partial charge in [-0.2, -0.15) is 0 Å².